The van der Waals surface area contributed by atoms with Gasteiger partial charge in [0.1, 0.15) is 5.75 Å². The van der Waals surface area contributed by atoms with E-state index < -0.39 is 0 Å². The van der Waals surface area contributed by atoms with Crippen molar-refractivity contribution in [1.29, 1.82) is 0 Å². The van der Waals surface area contributed by atoms with Gasteiger partial charge in [-0.15, -0.1) is 0 Å². The van der Waals surface area contributed by atoms with Crippen LogP contribution < -0.4 is 10.6 Å². The second-order valence-corrected chi connectivity index (χ2v) is 5.86. The normalized spacial score (nSPS) is 10.4. The van der Waals surface area contributed by atoms with E-state index in [1.165, 1.54) is 0 Å². The van der Waals surface area contributed by atoms with Crippen molar-refractivity contribution in [2.45, 2.75) is 6.92 Å². The van der Waals surface area contributed by atoms with E-state index in [1.54, 1.807) is 18.2 Å². The zero-order valence-corrected chi connectivity index (χ0v) is 13.9. The topological polar surface area (TPSA) is 61.4 Å². The number of amides is 1. The van der Waals surface area contributed by atoms with Gasteiger partial charge in [-0.1, -0.05) is 42.5 Å². The minimum atomic E-state index is -0.295. The van der Waals surface area contributed by atoms with Gasteiger partial charge in [0.25, 0.3) is 5.91 Å². The van der Waals surface area contributed by atoms with Gasteiger partial charge in [0.05, 0.1) is 5.69 Å². The first-order valence-corrected chi connectivity index (χ1v) is 7.85. The molecular formula is C19H16N2O2S. The van der Waals surface area contributed by atoms with Gasteiger partial charge >= 0.3 is 0 Å². The summed E-state index contributed by atoms with van der Waals surface area (Å²) in [5, 5.41) is 17.4. The third-order valence-corrected chi connectivity index (χ3v) is 3.87. The SMILES string of the molecule is Cc1ccc(NC(=S)NC(=O)c2cccc3ccccc23)c(O)c1. The van der Waals surface area contributed by atoms with Crippen molar-refractivity contribution < 1.29 is 9.90 Å². The molecule has 0 heterocycles. The minimum absolute atomic E-state index is 0.0803. The fourth-order valence-electron chi connectivity index (χ4n) is 2.49. The van der Waals surface area contributed by atoms with E-state index in [-0.39, 0.29) is 16.8 Å². The van der Waals surface area contributed by atoms with E-state index in [1.807, 2.05) is 49.4 Å². The minimum Gasteiger partial charge on any atom is -0.506 e. The molecule has 0 spiro atoms. The Morgan fingerprint density at radius 1 is 1.04 bits per heavy atom. The summed E-state index contributed by atoms with van der Waals surface area (Å²) in [7, 11) is 0. The van der Waals surface area contributed by atoms with Crippen molar-refractivity contribution in [3.05, 3.63) is 71.8 Å². The van der Waals surface area contributed by atoms with Gasteiger partial charge in [-0.3, -0.25) is 10.1 Å². The number of fused-ring (bicyclic) bond motifs is 1. The zero-order valence-electron chi connectivity index (χ0n) is 13.0. The summed E-state index contributed by atoms with van der Waals surface area (Å²) in [6.07, 6.45) is 0. The van der Waals surface area contributed by atoms with E-state index in [4.69, 9.17) is 12.2 Å². The molecule has 0 saturated heterocycles. The molecule has 0 radical (unpaired) electrons. The van der Waals surface area contributed by atoms with Gasteiger partial charge < -0.3 is 10.4 Å². The van der Waals surface area contributed by atoms with Gasteiger partial charge in [0.2, 0.25) is 0 Å². The van der Waals surface area contributed by atoms with Crippen LogP contribution in [0.25, 0.3) is 10.8 Å². The van der Waals surface area contributed by atoms with Gasteiger partial charge in [0, 0.05) is 5.56 Å². The molecule has 3 aromatic rings. The number of hydrogen-bond donors (Lipinski definition) is 3. The lowest BCUT2D eigenvalue weighted by molar-refractivity contribution is 0.0979. The van der Waals surface area contributed by atoms with Crippen molar-refractivity contribution in [1.82, 2.24) is 5.32 Å². The first-order chi connectivity index (χ1) is 11.5. The molecular weight excluding hydrogens is 320 g/mol. The van der Waals surface area contributed by atoms with E-state index >= 15 is 0 Å². The number of phenols is 1. The average molecular weight is 336 g/mol. The van der Waals surface area contributed by atoms with Crippen LogP contribution in [0.2, 0.25) is 0 Å². The lowest BCUT2D eigenvalue weighted by Gasteiger charge is -2.12. The average Bonchev–Trinajstić information content (AvgIpc) is 2.57. The Bertz CT molecular complexity index is 932. The molecule has 3 N–H and O–H groups in total. The maximum atomic E-state index is 12.5. The van der Waals surface area contributed by atoms with Gasteiger partial charge in [-0.05, 0) is 53.7 Å². The Morgan fingerprint density at radius 2 is 1.79 bits per heavy atom. The number of hydrogen-bond acceptors (Lipinski definition) is 3. The van der Waals surface area contributed by atoms with Crippen molar-refractivity contribution in [2.75, 3.05) is 5.32 Å². The molecule has 120 valence electrons. The number of rotatable bonds is 2. The molecule has 1 amide bonds. The number of anilines is 1. The first-order valence-electron chi connectivity index (χ1n) is 7.44. The molecule has 0 aliphatic rings. The van der Waals surface area contributed by atoms with Crippen molar-refractivity contribution in [3.63, 3.8) is 0 Å². The second kappa shape index (κ2) is 6.68. The highest BCUT2D eigenvalue weighted by atomic mass is 32.1. The maximum Gasteiger partial charge on any atom is 0.258 e. The second-order valence-electron chi connectivity index (χ2n) is 5.46. The quantitative estimate of drug-likeness (QED) is 0.489. The zero-order chi connectivity index (χ0) is 17.1. The monoisotopic (exact) mass is 336 g/mol. The Kier molecular flexibility index (Phi) is 4.44. The van der Waals surface area contributed by atoms with Crippen LogP contribution in [-0.2, 0) is 0 Å². The first kappa shape index (κ1) is 16.0. The summed E-state index contributed by atoms with van der Waals surface area (Å²) in [5.74, 6) is -0.215. The summed E-state index contributed by atoms with van der Waals surface area (Å²) in [5.41, 5.74) is 1.93. The Balaban J connectivity index is 1.77. The molecule has 0 aromatic heterocycles. The van der Waals surface area contributed by atoms with Crippen LogP contribution >= 0.6 is 12.2 Å². The summed E-state index contributed by atoms with van der Waals surface area (Å²) >= 11 is 5.17. The van der Waals surface area contributed by atoms with Crippen LogP contribution in [0, 0.1) is 6.92 Å². The molecule has 0 atom stereocenters. The molecule has 0 unspecified atom stereocenters. The maximum absolute atomic E-state index is 12.5. The van der Waals surface area contributed by atoms with Crippen LogP contribution in [0.15, 0.2) is 60.7 Å². The highest BCUT2D eigenvalue weighted by Crippen LogP contribution is 2.24. The number of aromatic hydroxyl groups is 1. The molecule has 0 aliphatic carbocycles. The molecule has 3 aromatic carbocycles. The largest absolute Gasteiger partial charge is 0.506 e. The number of benzene rings is 3. The number of nitrogens with one attached hydrogen (secondary N) is 2. The van der Waals surface area contributed by atoms with Crippen LogP contribution in [-0.4, -0.2) is 16.1 Å². The Labute approximate surface area is 145 Å². The van der Waals surface area contributed by atoms with Crippen LogP contribution in [0.5, 0.6) is 5.75 Å². The molecule has 0 aliphatic heterocycles. The fourth-order valence-corrected chi connectivity index (χ4v) is 2.70. The smallest absolute Gasteiger partial charge is 0.258 e. The number of carbonyl (C=O) groups excluding carboxylic acids is 1. The van der Waals surface area contributed by atoms with Crippen molar-refractivity contribution in [2.24, 2.45) is 0 Å². The van der Waals surface area contributed by atoms with E-state index in [0.29, 0.717) is 11.3 Å². The summed E-state index contributed by atoms with van der Waals surface area (Å²) in [4.78, 5) is 12.5. The van der Waals surface area contributed by atoms with E-state index in [2.05, 4.69) is 10.6 Å². The molecule has 0 saturated carbocycles. The number of thiocarbonyl (C=S) groups is 1. The Hall–Kier alpha value is -2.92. The summed E-state index contributed by atoms with van der Waals surface area (Å²) in [6, 6.07) is 18.4. The lowest BCUT2D eigenvalue weighted by Crippen LogP contribution is -2.34. The molecule has 4 nitrogen and oxygen atoms in total. The van der Waals surface area contributed by atoms with Crippen LogP contribution in [0.1, 0.15) is 15.9 Å². The lowest BCUT2D eigenvalue weighted by atomic mass is 10.0. The van der Waals surface area contributed by atoms with Crippen molar-refractivity contribution >= 4 is 39.7 Å². The third-order valence-electron chi connectivity index (χ3n) is 3.66. The predicted octanol–water partition coefficient (Wildman–Crippen LogP) is 3.98. The molecule has 3 rings (SSSR count). The highest BCUT2D eigenvalue weighted by Gasteiger charge is 2.12. The standard InChI is InChI=1S/C19H16N2O2S/c1-12-9-10-16(17(22)11-12)20-19(24)21-18(23)15-8-4-6-13-5-2-3-7-14(13)15/h2-11,22H,1H3,(H2,20,21,23,24). The van der Waals surface area contributed by atoms with Gasteiger partial charge in [0.15, 0.2) is 5.11 Å². The predicted molar refractivity (Wildman–Crippen MR) is 100 cm³/mol. The molecule has 24 heavy (non-hydrogen) atoms. The van der Waals surface area contributed by atoms with E-state index in [0.717, 1.165) is 16.3 Å². The van der Waals surface area contributed by atoms with Gasteiger partial charge in [-0.25, -0.2) is 0 Å². The molecule has 5 heteroatoms. The third kappa shape index (κ3) is 3.36. The fraction of sp³-hybridized carbons (Fsp3) is 0.0526. The number of carbonyl (C=O) groups is 1. The van der Waals surface area contributed by atoms with Crippen LogP contribution in [0.4, 0.5) is 5.69 Å². The number of phenolic OH excluding ortho intramolecular Hbond substituents is 1. The summed E-state index contributed by atoms with van der Waals surface area (Å²) < 4.78 is 0. The van der Waals surface area contributed by atoms with Crippen molar-refractivity contribution in [3.8, 4) is 5.75 Å². The number of aryl methyl sites for hydroxylation is 1. The molecule has 0 fully saturated rings. The van der Waals surface area contributed by atoms with Gasteiger partial charge in [-0.2, -0.15) is 0 Å². The van der Waals surface area contributed by atoms with E-state index in [9.17, 15) is 9.90 Å². The Morgan fingerprint density at radius 3 is 2.58 bits per heavy atom. The van der Waals surface area contributed by atoms with Crippen LogP contribution in [0.3, 0.4) is 0 Å². The summed E-state index contributed by atoms with van der Waals surface area (Å²) in [6.45, 7) is 1.88. The highest BCUT2D eigenvalue weighted by molar-refractivity contribution is 7.80. The molecule has 0 bridgehead atoms.